The Kier molecular flexibility index (Phi) is 4.19. The predicted molar refractivity (Wildman–Crippen MR) is 106 cm³/mol. The second kappa shape index (κ2) is 6.68. The van der Waals surface area contributed by atoms with Crippen LogP contribution in [0.3, 0.4) is 0 Å². The molecule has 0 amide bonds. The van der Waals surface area contributed by atoms with Crippen LogP contribution < -0.4 is 5.32 Å². The molecule has 2 heterocycles. The molecule has 0 fully saturated rings. The molecule has 27 heavy (non-hydrogen) atoms. The summed E-state index contributed by atoms with van der Waals surface area (Å²) >= 11 is 0. The van der Waals surface area contributed by atoms with Gasteiger partial charge in [-0.3, -0.25) is 0 Å². The fourth-order valence-electron chi connectivity index (χ4n) is 3.37. The van der Waals surface area contributed by atoms with E-state index >= 15 is 0 Å². The average molecular weight is 361 g/mol. The van der Waals surface area contributed by atoms with Crippen molar-refractivity contribution in [2.24, 2.45) is 0 Å². The minimum atomic E-state index is -0.402. The zero-order valence-corrected chi connectivity index (χ0v) is 15.1. The molecule has 0 aliphatic carbocycles. The maximum Gasteiger partial charge on any atom is 0.342 e. The first-order chi connectivity index (χ1) is 13.0. The standard InChI is InChI=1S/C20H19N5O2/c1-13-7-8-18-16(11-13)20(15-5-3-4-6-17(15)23-18)21-9-10-24-14(2)22-12-19(24)25(26)27/h3-8,11-12H,9-10H2,1-2H3,(H,21,23). The second-order valence-electron chi connectivity index (χ2n) is 6.52. The molecule has 4 rings (SSSR count). The third-order valence-corrected chi connectivity index (χ3v) is 4.69. The van der Waals surface area contributed by atoms with Crippen LogP contribution in [0.1, 0.15) is 11.4 Å². The van der Waals surface area contributed by atoms with Crippen molar-refractivity contribution < 1.29 is 4.92 Å². The molecular weight excluding hydrogens is 342 g/mol. The fourth-order valence-corrected chi connectivity index (χ4v) is 3.37. The lowest BCUT2D eigenvalue weighted by Gasteiger charge is -2.13. The van der Waals surface area contributed by atoms with Crippen LogP contribution in [0.2, 0.25) is 0 Å². The van der Waals surface area contributed by atoms with E-state index in [0.717, 1.165) is 33.1 Å². The van der Waals surface area contributed by atoms with Crippen LogP contribution in [0, 0.1) is 24.0 Å². The van der Waals surface area contributed by atoms with Gasteiger partial charge in [0.15, 0.2) is 5.82 Å². The van der Waals surface area contributed by atoms with Crippen molar-refractivity contribution in [2.75, 3.05) is 11.9 Å². The Labute approximate surface area is 155 Å². The van der Waals surface area contributed by atoms with Gasteiger partial charge < -0.3 is 15.4 Å². The molecule has 0 aliphatic heterocycles. The molecule has 0 bridgehead atoms. The number of para-hydroxylation sites is 1. The summed E-state index contributed by atoms with van der Waals surface area (Å²) in [6, 6.07) is 14.2. The van der Waals surface area contributed by atoms with Crippen molar-refractivity contribution in [1.82, 2.24) is 14.5 Å². The number of imidazole rings is 1. The summed E-state index contributed by atoms with van der Waals surface area (Å²) in [5.41, 5.74) is 4.00. The smallest absolute Gasteiger partial charge is 0.342 e. The lowest BCUT2D eigenvalue weighted by Crippen LogP contribution is -2.14. The number of aromatic nitrogens is 3. The van der Waals surface area contributed by atoms with Crippen molar-refractivity contribution in [3.63, 3.8) is 0 Å². The summed E-state index contributed by atoms with van der Waals surface area (Å²) in [5, 5.41) is 16.7. The lowest BCUT2D eigenvalue weighted by molar-refractivity contribution is -0.392. The van der Waals surface area contributed by atoms with Gasteiger partial charge in [-0.1, -0.05) is 29.8 Å². The number of hydrogen-bond donors (Lipinski definition) is 1. The molecule has 0 saturated carbocycles. The Morgan fingerprint density at radius 2 is 1.89 bits per heavy atom. The first-order valence-corrected chi connectivity index (χ1v) is 8.74. The fraction of sp³-hybridized carbons (Fsp3) is 0.200. The number of nitro groups is 1. The van der Waals surface area contributed by atoms with E-state index < -0.39 is 4.92 Å². The minimum Gasteiger partial charge on any atom is -0.380 e. The van der Waals surface area contributed by atoms with E-state index in [9.17, 15) is 10.1 Å². The summed E-state index contributed by atoms with van der Waals surface area (Å²) in [4.78, 5) is 19.6. The molecule has 4 aromatic rings. The topological polar surface area (TPSA) is 85.9 Å². The third kappa shape index (κ3) is 3.08. The molecule has 2 aromatic heterocycles. The number of anilines is 1. The van der Waals surface area contributed by atoms with Gasteiger partial charge in [0.1, 0.15) is 12.7 Å². The number of rotatable bonds is 5. The van der Waals surface area contributed by atoms with Crippen molar-refractivity contribution in [1.29, 1.82) is 0 Å². The summed E-state index contributed by atoms with van der Waals surface area (Å²) < 4.78 is 1.61. The maximum atomic E-state index is 11.2. The minimum absolute atomic E-state index is 0.00888. The van der Waals surface area contributed by atoms with Gasteiger partial charge in [-0.05, 0) is 30.0 Å². The van der Waals surface area contributed by atoms with Gasteiger partial charge in [-0.25, -0.2) is 14.5 Å². The van der Waals surface area contributed by atoms with E-state index in [1.807, 2.05) is 36.4 Å². The van der Waals surface area contributed by atoms with E-state index in [2.05, 4.69) is 23.3 Å². The van der Waals surface area contributed by atoms with Crippen LogP contribution in [0.4, 0.5) is 11.5 Å². The van der Waals surface area contributed by atoms with Crippen LogP contribution in [0.15, 0.2) is 48.7 Å². The number of benzene rings is 2. The molecule has 0 atom stereocenters. The zero-order chi connectivity index (χ0) is 19.0. The van der Waals surface area contributed by atoms with Gasteiger partial charge in [0.2, 0.25) is 0 Å². The molecular formula is C20H19N5O2. The molecule has 0 aliphatic rings. The maximum absolute atomic E-state index is 11.2. The van der Waals surface area contributed by atoms with Gasteiger partial charge in [0.25, 0.3) is 0 Å². The molecule has 136 valence electrons. The van der Waals surface area contributed by atoms with Crippen LogP contribution >= 0.6 is 0 Å². The summed E-state index contributed by atoms with van der Waals surface area (Å²) in [5.74, 6) is 0.637. The van der Waals surface area contributed by atoms with Crippen LogP contribution in [0.25, 0.3) is 21.8 Å². The molecule has 0 radical (unpaired) electrons. The molecule has 0 spiro atoms. The van der Waals surface area contributed by atoms with Crippen LogP contribution in [-0.2, 0) is 6.54 Å². The number of nitrogens with zero attached hydrogens (tertiary/aromatic N) is 4. The molecule has 7 nitrogen and oxygen atoms in total. The predicted octanol–water partition coefficient (Wildman–Crippen LogP) is 4.22. The Morgan fingerprint density at radius 1 is 1.11 bits per heavy atom. The molecule has 0 unspecified atom stereocenters. The Balaban J connectivity index is 1.71. The van der Waals surface area contributed by atoms with E-state index in [0.29, 0.717) is 18.9 Å². The Bertz CT molecular complexity index is 1170. The lowest BCUT2D eigenvalue weighted by atomic mass is 10.1. The van der Waals surface area contributed by atoms with E-state index in [1.54, 1.807) is 11.5 Å². The van der Waals surface area contributed by atoms with Gasteiger partial charge in [0, 0.05) is 17.7 Å². The highest BCUT2D eigenvalue weighted by Crippen LogP contribution is 2.31. The second-order valence-corrected chi connectivity index (χ2v) is 6.52. The Morgan fingerprint density at radius 3 is 2.70 bits per heavy atom. The van der Waals surface area contributed by atoms with Crippen molar-refractivity contribution in [3.8, 4) is 0 Å². The van der Waals surface area contributed by atoms with Crippen LogP contribution in [0.5, 0.6) is 0 Å². The summed E-state index contributed by atoms with van der Waals surface area (Å²) in [6.07, 6.45) is 1.30. The van der Waals surface area contributed by atoms with Gasteiger partial charge in [-0.15, -0.1) is 0 Å². The number of nitrogens with one attached hydrogen (secondary N) is 1. The molecule has 7 heteroatoms. The number of fused-ring (bicyclic) bond motifs is 2. The average Bonchev–Trinajstić information content (AvgIpc) is 3.02. The van der Waals surface area contributed by atoms with Crippen molar-refractivity contribution in [2.45, 2.75) is 20.4 Å². The summed E-state index contributed by atoms with van der Waals surface area (Å²) in [6.45, 7) is 4.81. The van der Waals surface area contributed by atoms with E-state index in [1.165, 1.54) is 6.20 Å². The van der Waals surface area contributed by atoms with Crippen molar-refractivity contribution in [3.05, 3.63) is 70.2 Å². The van der Waals surface area contributed by atoms with Gasteiger partial charge in [-0.2, -0.15) is 0 Å². The molecule has 2 aromatic carbocycles. The highest BCUT2D eigenvalue weighted by Gasteiger charge is 2.17. The first kappa shape index (κ1) is 17.0. The third-order valence-electron chi connectivity index (χ3n) is 4.69. The van der Waals surface area contributed by atoms with E-state index in [4.69, 9.17) is 4.98 Å². The Hall–Kier alpha value is -3.48. The van der Waals surface area contributed by atoms with Gasteiger partial charge in [0.05, 0.1) is 23.3 Å². The van der Waals surface area contributed by atoms with Crippen molar-refractivity contribution >= 4 is 33.3 Å². The number of aryl methyl sites for hydroxylation is 2. The van der Waals surface area contributed by atoms with Crippen LogP contribution in [-0.4, -0.2) is 26.0 Å². The quantitative estimate of drug-likeness (QED) is 0.327. The monoisotopic (exact) mass is 361 g/mol. The zero-order valence-electron chi connectivity index (χ0n) is 15.1. The molecule has 1 N–H and O–H groups in total. The number of hydrogen-bond acceptors (Lipinski definition) is 5. The highest BCUT2D eigenvalue weighted by molar-refractivity contribution is 6.07. The van der Waals surface area contributed by atoms with Gasteiger partial charge >= 0.3 is 5.82 Å². The molecule has 0 saturated heterocycles. The van der Waals surface area contributed by atoms with E-state index in [-0.39, 0.29) is 5.82 Å². The highest BCUT2D eigenvalue weighted by atomic mass is 16.6. The summed E-state index contributed by atoms with van der Waals surface area (Å²) in [7, 11) is 0. The number of pyridine rings is 1. The largest absolute Gasteiger partial charge is 0.380 e. The first-order valence-electron chi connectivity index (χ1n) is 8.74. The SMILES string of the molecule is Cc1ccc2nc3ccccc3c(NCCn3c([N+](=O)[O-])cnc3C)c2c1. The normalized spacial score (nSPS) is 11.2.